The number of fused-ring (bicyclic) bond motifs is 1. The van der Waals surface area contributed by atoms with E-state index in [0.717, 1.165) is 0 Å². The number of nitrogens with zero attached hydrogens (tertiary/aromatic N) is 3. The Labute approximate surface area is 141 Å². The molecule has 124 valence electrons. The van der Waals surface area contributed by atoms with E-state index in [1.807, 2.05) is 0 Å². The van der Waals surface area contributed by atoms with Crippen molar-refractivity contribution in [1.82, 2.24) is 15.2 Å². The number of pyridine rings is 1. The molecule has 3 rings (SSSR count). The summed E-state index contributed by atoms with van der Waals surface area (Å²) in [7, 11) is 0. The van der Waals surface area contributed by atoms with E-state index in [-0.39, 0.29) is 12.3 Å². The molecule has 0 radical (unpaired) electrons. The van der Waals surface area contributed by atoms with Gasteiger partial charge in [0, 0.05) is 40.3 Å². The number of nitrogens with one attached hydrogen (secondary N) is 1. The Bertz CT molecular complexity index is 878. The van der Waals surface area contributed by atoms with Crippen molar-refractivity contribution in [1.29, 1.82) is 0 Å². The van der Waals surface area contributed by atoms with Crippen LogP contribution in [0.4, 0.5) is 10.2 Å². The first-order valence-electron chi connectivity index (χ1n) is 7.18. The fraction of sp³-hybridized carbons (Fsp3) is 0.188. The zero-order valence-electron chi connectivity index (χ0n) is 12.4. The summed E-state index contributed by atoms with van der Waals surface area (Å²) in [6.45, 7) is -0.673. The Morgan fingerprint density at radius 2 is 2.04 bits per heavy atom. The van der Waals surface area contributed by atoms with Gasteiger partial charge in [0.2, 0.25) is 0 Å². The molecule has 3 aromatic rings. The van der Waals surface area contributed by atoms with Gasteiger partial charge in [0.05, 0.1) is 6.61 Å². The number of hydrogen-bond donors (Lipinski definition) is 3. The van der Waals surface area contributed by atoms with E-state index >= 15 is 0 Å². The Balaban J connectivity index is 2.08. The second-order valence-electron chi connectivity index (χ2n) is 5.14. The maximum atomic E-state index is 13.2. The molecule has 0 unspecified atom stereocenters. The average molecular weight is 349 g/mol. The molecule has 0 spiro atoms. The lowest BCUT2D eigenvalue weighted by atomic mass is 10.1. The lowest BCUT2D eigenvalue weighted by Gasteiger charge is -2.12. The summed E-state index contributed by atoms with van der Waals surface area (Å²) >= 11 is 5.86. The van der Waals surface area contributed by atoms with Crippen molar-refractivity contribution in [3.63, 3.8) is 0 Å². The van der Waals surface area contributed by atoms with Crippen LogP contribution in [-0.4, -0.2) is 44.7 Å². The highest BCUT2D eigenvalue weighted by Gasteiger charge is 2.15. The van der Waals surface area contributed by atoms with Crippen LogP contribution in [0.2, 0.25) is 5.02 Å². The molecule has 0 bridgehead atoms. The second kappa shape index (κ2) is 6.94. The van der Waals surface area contributed by atoms with Gasteiger partial charge in [0.25, 0.3) is 0 Å². The van der Waals surface area contributed by atoms with E-state index in [1.165, 1.54) is 6.07 Å². The van der Waals surface area contributed by atoms with Gasteiger partial charge in [-0.15, -0.1) is 10.2 Å². The number of anilines is 1. The first-order valence-corrected chi connectivity index (χ1v) is 7.56. The predicted molar refractivity (Wildman–Crippen MR) is 89.9 cm³/mol. The van der Waals surface area contributed by atoms with Crippen molar-refractivity contribution >= 4 is 28.2 Å². The lowest BCUT2D eigenvalue weighted by Crippen LogP contribution is -2.19. The fourth-order valence-corrected chi connectivity index (χ4v) is 2.47. The van der Waals surface area contributed by atoms with Crippen molar-refractivity contribution < 1.29 is 14.6 Å². The zero-order valence-corrected chi connectivity index (χ0v) is 13.2. The van der Waals surface area contributed by atoms with Crippen LogP contribution in [-0.2, 0) is 0 Å². The summed E-state index contributed by atoms with van der Waals surface area (Å²) in [5.74, 6) is 0.339. The van der Waals surface area contributed by atoms with Crippen LogP contribution < -0.4 is 5.32 Å². The van der Waals surface area contributed by atoms with Crippen LogP contribution in [0.25, 0.3) is 22.0 Å². The van der Waals surface area contributed by atoms with Gasteiger partial charge in [0.1, 0.15) is 17.6 Å². The molecule has 0 saturated heterocycles. The Morgan fingerprint density at radius 3 is 2.79 bits per heavy atom. The molecular formula is C16H14ClFN4O2. The zero-order chi connectivity index (χ0) is 17.1. The predicted octanol–water partition coefficient (Wildman–Crippen LogP) is 2.79. The van der Waals surface area contributed by atoms with Gasteiger partial charge in [-0.05, 0) is 24.3 Å². The van der Waals surface area contributed by atoms with Gasteiger partial charge in [-0.3, -0.25) is 4.98 Å². The molecule has 8 heteroatoms. The molecule has 0 amide bonds. The number of benzene rings is 1. The maximum Gasteiger partial charge on any atom is 0.158 e. The fourth-order valence-electron chi connectivity index (χ4n) is 2.30. The highest BCUT2D eigenvalue weighted by molar-refractivity contribution is 6.30. The van der Waals surface area contributed by atoms with Crippen LogP contribution in [0, 0.1) is 0 Å². The number of halogens is 2. The normalized spacial score (nSPS) is 12.3. The highest BCUT2D eigenvalue weighted by Crippen LogP contribution is 2.35. The number of phenols is 1. The van der Waals surface area contributed by atoms with Crippen molar-refractivity contribution in [2.45, 2.75) is 6.17 Å². The third-order valence-electron chi connectivity index (χ3n) is 3.49. The third kappa shape index (κ3) is 3.22. The van der Waals surface area contributed by atoms with Gasteiger partial charge < -0.3 is 15.5 Å². The topological polar surface area (TPSA) is 91.2 Å². The minimum Gasteiger partial charge on any atom is -0.507 e. The lowest BCUT2D eigenvalue weighted by molar-refractivity contribution is 0.186. The number of phenolic OH excluding ortho intramolecular Hbond substituents is 1. The third-order valence-corrected chi connectivity index (χ3v) is 3.72. The Kier molecular flexibility index (Phi) is 4.73. The SMILES string of the molecule is OC[C@@H](F)CNc1nnc(-c2ccc(Cl)cc2O)c2ccncc12. The summed E-state index contributed by atoms with van der Waals surface area (Å²) in [4.78, 5) is 4.06. The molecule has 0 aliphatic carbocycles. The number of aromatic nitrogens is 3. The van der Waals surface area contributed by atoms with E-state index in [0.29, 0.717) is 32.9 Å². The van der Waals surface area contributed by atoms with Gasteiger partial charge in [0.15, 0.2) is 5.82 Å². The number of alkyl halides is 1. The van der Waals surface area contributed by atoms with Gasteiger partial charge in [-0.1, -0.05) is 11.6 Å². The number of aliphatic hydroxyl groups excluding tert-OH is 1. The molecule has 2 aromatic heterocycles. The van der Waals surface area contributed by atoms with Crippen LogP contribution in [0.3, 0.4) is 0 Å². The van der Waals surface area contributed by atoms with E-state index in [4.69, 9.17) is 16.7 Å². The van der Waals surface area contributed by atoms with Crippen molar-refractivity contribution in [2.75, 3.05) is 18.5 Å². The van der Waals surface area contributed by atoms with Crippen LogP contribution >= 0.6 is 11.6 Å². The minimum absolute atomic E-state index is 0.0141. The molecule has 6 nitrogen and oxygen atoms in total. The molecule has 3 N–H and O–H groups in total. The Morgan fingerprint density at radius 1 is 1.21 bits per heavy atom. The monoisotopic (exact) mass is 348 g/mol. The highest BCUT2D eigenvalue weighted by atomic mass is 35.5. The van der Waals surface area contributed by atoms with Gasteiger partial charge in [-0.25, -0.2) is 4.39 Å². The second-order valence-corrected chi connectivity index (χ2v) is 5.58. The molecule has 2 heterocycles. The van der Waals surface area contributed by atoms with Crippen molar-refractivity contribution in [3.8, 4) is 17.0 Å². The summed E-state index contributed by atoms with van der Waals surface area (Å²) < 4.78 is 13.2. The number of hydrogen-bond acceptors (Lipinski definition) is 6. The van der Waals surface area contributed by atoms with E-state index in [9.17, 15) is 9.50 Å². The molecule has 1 atom stereocenters. The summed E-state index contributed by atoms with van der Waals surface area (Å²) in [6, 6.07) is 6.45. The molecule has 0 saturated carbocycles. The summed E-state index contributed by atoms with van der Waals surface area (Å²) in [6.07, 6.45) is 1.77. The first-order chi connectivity index (χ1) is 11.6. The van der Waals surface area contributed by atoms with Crippen LogP contribution in [0.5, 0.6) is 5.75 Å². The quantitative estimate of drug-likeness (QED) is 0.656. The first kappa shape index (κ1) is 16.4. The van der Waals surface area contributed by atoms with Crippen LogP contribution in [0.1, 0.15) is 0 Å². The average Bonchev–Trinajstić information content (AvgIpc) is 2.60. The number of aliphatic hydroxyl groups is 1. The van der Waals surface area contributed by atoms with E-state index in [1.54, 1.807) is 30.6 Å². The molecule has 0 aliphatic heterocycles. The standard InChI is InChI=1S/C16H14ClFN4O2/c17-9-1-2-12(14(24)5-9)15-11-3-4-19-7-13(11)16(22-21-15)20-6-10(18)8-23/h1-5,7,10,23-24H,6,8H2,(H,20,22)/t10-/m0/s1. The van der Waals surface area contributed by atoms with Crippen molar-refractivity contribution in [2.24, 2.45) is 0 Å². The van der Waals surface area contributed by atoms with Crippen molar-refractivity contribution in [3.05, 3.63) is 41.7 Å². The number of aromatic hydroxyl groups is 1. The number of rotatable bonds is 5. The van der Waals surface area contributed by atoms with Gasteiger partial charge >= 0.3 is 0 Å². The molecule has 24 heavy (non-hydrogen) atoms. The maximum absolute atomic E-state index is 13.2. The van der Waals surface area contributed by atoms with Crippen LogP contribution in [0.15, 0.2) is 36.7 Å². The summed E-state index contributed by atoms with van der Waals surface area (Å²) in [5, 5.41) is 31.6. The summed E-state index contributed by atoms with van der Waals surface area (Å²) in [5.41, 5.74) is 0.944. The smallest absolute Gasteiger partial charge is 0.158 e. The van der Waals surface area contributed by atoms with E-state index in [2.05, 4.69) is 20.5 Å². The van der Waals surface area contributed by atoms with Gasteiger partial charge in [-0.2, -0.15) is 0 Å². The molecular weight excluding hydrogens is 335 g/mol. The molecule has 0 aliphatic rings. The molecule has 1 aromatic carbocycles. The Hall–Kier alpha value is -2.51. The minimum atomic E-state index is -1.40. The largest absolute Gasteiger partial charge is 0.507 e. The van der Waals surface area contributed by atoms with E-state index < -0.39 is 12.8 Å². The molecule has 0 fully saturated rings.